The fourth-order valence-electron chi connectivity index (χ4n) is 2.73. The number of aliphatic hydroxyl groups excluding tert-OH is 1. The average molecular weight is 285 g/mol. The normalized spacial score (nSPS) is 15.9. The number of rotatable bonds is 5. The van der Waals surface area contributed by atoms with Gasteiger partial charge in [-0.05, 0) is 36.1 Å². The van der Waals surface area contributed by atoms with Crippen LogP contribution in [0.4, 0.5) is 0 Å². The zero-order valence-electron chi connectivity index (χ0n) is 11.8. The number of fused-ring (bicyclic) bond motifs is 1. The average Bonchev–Trinajstić information content (AvgIpc) is 3.26. The van der Waals surface area contributed by atoms with Gasteiger partial charge in [0.15, 0.2) is 0 Å². The number of hydrogen-bond donors (Lipinski definition) is 3. The van der Waals surface area contributed by atoms with Crippen LogP contribution in [0.15, 0.2) is 36.4 Å². The van der Waals surface area contributed by atoms with Gasteiger partial charge in [0.25, 0.3) is 5.91 Å². The van der Waals surface area contributed by atoms with Gasteiger partial charge in [-0.15, -0.1) is 0 Å². The van der Waals surface area contributed by atoms with E-state index in [1.54, 1.807) is 12.1 Å². The van der Waals surface area contributed by atoms with Gasteiger partial charge in [0.2, 0.25) is 0 Å². The number of carbonyl (C=O) groups is 1. The van der Waals surface area contributed by atoms with E-state index in [2.05, 4.69) is 5.32 Å². The molecule has 21 heavy (non-hydrogen) atoms. The molecule has 1 fully saturated rings. The summed E-state index contributed by atoms with van der Waals surface area (Å²) in [6.07, 6.45) is 2.80. The topological polar surface area (TPSA) is 69.6 Å². The maximum absolute atomic E-state index is 12.3. The van der Waals surface area contributed by atoms with Crippen molar-refractivity contribution >= 4 is 16.7 Å². The van der Waals surface area contributed by atoms with Crippen molar-refractivity contribution in [2.45, 2.75) is 19.3 Å². The van der Waals surface area contributed by atoms with Crippen LogP contribution in [0.1, 0.15) is 29.6 Å². The van der Waals surface area contributed by atoms with Crippen LogP contribution in [-0.2, 0) is 0 Å². The Hall–Kier alpha value is -2.07. The summed E-state index contributed by atoms with van der Waals surface area (Å²) in [5.41, 5.74) is 0.366. The van der Waals surface area contributed by atoms with Crippen LogP contribution in [0.3, 0.4) is 0 Å². The van der Waals surface area contributed by atoms with Crippen LogP contribution in [0.2, 0.25) is 0 Å². The maximum atomic E-state index is 12.3. The van der Waals surface area contributed by atoms with Crippen LogP contribution in [-0.4, -0.2) is 29.3 Å². The molecule has 1 amide bonds. The molecule has 0 unspecified atom stereocenters. The van der Waals surface area contributed by atoms with E-state index in [0.29, 0.717) is 17.5 Å². The summed E-state index contributed by atoms with van der Waals surface area (Å²) in [5, 5.41) is 23.8. The van der Waals surface area contributed by atoms with Crippen LogP contribution in [0, 0.1) is 5.41 Å². The second-order valence-electron chi connectivity index (χ2n) is 5.84. The molecule has 110 valence electrons. The minimum absolute atomic E-state index is 0.0256. The fourth-order valence-corrected chi connectivity index (χ4v) is 2.73. The highest BCUT2D eigenvalue weighted by molar-refractivity contribution is 6.03. The van der Waals surface area contributed by atoms with Gasteiger partial charge in [-0.1, -0.05) is 30.3 Å². The van der Waals surface area contributed by atoms with E-state index < -0.39 is 0 Å². The molecule has 4 heteroatoms. The molecule has 0 heterocycles. The molecule has 1 aliphatic rings. The Labute approximate surface area is 123 Å². The quantitative estimate of drug-likeness (QED) is 0.790. The maximum Gasteiger partial charge on any atom is 0.255 e. The van der Waals surface area contributed by atoms with Gasteiger partial charge in [0.1, 0.15) is 5.75 Å². The Bertz CT molecular complexity index is 677. The molecular formula is C17H19NO3. The lowest BCUT2D eigenvalue weighted by Gasteiger charge is -2.15. The summed E-state index contributed by atoms with van der Waals surface area (Å²) in [6.45, 7) is 0.704. The Kier molecular flexibility index (Phi) is 3.55. The largest absolute Gasteiger partial charge is 0.506 e. The fraction of sp³-hybridized carbons (Fsp3) is 0.353. The van der Waals surface area contributed by atoms with Crippen LogP contribution >= 0.6 is 0 Å². The molecule has 0 atom stereocenters. The summed E-state index contributed by atoms with van der Waals surface area (Å²) in [4.78, 5) is 12.3. The monoisotopic (exact) mass is 285 g/mol. The van der Waals surface area contributed by atoms with Gasteiger partial charge in [-0.3, -0.25) is 4.79 Å². The molecule has 0 spiro atoms. The van der Waals surface area contributed by atoms with Crippen molar-refractivity contribution in [3.63, 3.8) is 0 Å². The van der Waals surface area contributed by atoms with Crippen molar-refractivity contribution in [1.82, 2.24) is 5.32 Å². The first-order chi connectivity index (χ1) is 10.2. The van der Waals surface area contributed by atoms with Crippen molar-refractivity contribution < 1.29 is 15.0 Å². The Morgan fingerprint density at radius 3 is 2.67 bits per heavy atom. The minimum atomic E-state index is -0.262. The van der Waals surface area contributed by atoms with E-state index in [-0.39, 0.29) is 23.7 Å². The molecule has 4 nitrogen and oxygen atoms in total. The first-order valence-electron chi connectivity index (χ1n) is 7.25. The van der Waals surface area contributed by atoms with E-state index in [9.17, 15) is 9.90 Å². The van der Waals surface area contributed by atoms with Gasteiger partial charge in [-0.2, -0.15) is 0 Å². The molecule has 2 aromatic rings. The predicted molar refractivity (Wildman–Crippen MR) is 81.3 cm³/mol. The Morgan fingerprint density at radius 2 is 1.95 bits per heavy atom. The van der Waals surface area contributed by atoms with Gasteiger partial charge < -0.3 is 15.5 Å². The number of carbonyl (C=O) groups excluding carboxylic acids is 1. The van der Waals surface area contributed by atoms with Crippen LogP contribution < -0.4 is 5.32 Å². The summed E-state index contributed by atoms with van der Waals surface area (Å²) in [6, 6.07) is 10.9. The molecule has 0 saturated heterocycles. The third-order valence-corrected chi connectivity index (χ3v) is 4.37. The highest BCUT2D eigenvalue weighted by Crippen LogP contribution is 2.48. The lowest BCUT2D eigenvalue weighted by molar-refractivity contribution is 0.0938. The van der Waals surface area contributed by atoms with Gasteiger partial charge in [-0.25, -0.2) is 0 Å². The van der Waals surface area contributed by atoms with Crippen LogP contribution in [0.5, 0.6) is 5.75 Å². The minimum Gasteiger partial charge on any atom is -0.506 e. The highest BCUT2D eigenvalue weighted by Gasteiger charge is 2.42. The Morgan fingerprint density at radius 1 is 1.19 bits per heavy atom. The number of phenolic OH excluding ortho intramolecular Hbond substituents is 1. The third kappa shape index (κ3) is 2.72. The first kappa shape index (κ1) is 13.9. The van der Waals surface area contributed by atoms with Gasteiger partial charge >= 0.3 is 0 Å². The van der Waals surface area contributed by atoms with Crippen LogP contribution in [0.25, 0.3) is 10.8 Å². The van der Waals surface area contributed by atoms with Crippen molar-refractivity contribution in [1.29, 1.82) is 0 Å². The molecule has 0 radical (unpaired) electrons. The van der Waals surface area contributed by atoms with Gasteiger partial charge in [0.05, 0.1) is 5.56 Å². The number of phenols is 1. The van der Waals surface area contributed by atoms with Crippen molar-refractivity contribution in [2.75, 3.05) is 13.2 Å². The summed E-state index contributed by atoms with van der Waals surface area (Å²) < 4.78 is 0. The first-order valence-corrected chi connectivity index (χ1v) is 7.25. The SMILES string of the molecule is O=C(NCC1(CCO)CC1)c1ccc2ccccc2c1O. The molecule has 0 aliphatic heterocycles. The van der Waals surface area contributed by atoms with Gasteiger partial charge in [0, 0.05) is 18.5 Å². The molecule has 0 aromatic heterocycles. The molecule has 3 N–H and O–H groups in total. The molecule has 3 rings (SSSR count). The highest BCUT2D eigenvalue weighted by atomic mass is 16.3. The molecule has 1 saturated carbocycles. The van der Waals surface area contributed by atoms with Crippen molar-refractivity contribution in [3.05, 3.63) is 42.0 Å². The number of amides is 1. The summed E-state index contributed by atoms with van der Waals surface area (Å²) in [7, 11) is 0. The zero-order chi connectivity index (χ0) is 14.9. The second-order valence-corrected chi connectivity index (χ2v) is 5.84. The predicted octanol–water partition coefficient (Wildman–Crippen LogP) is 2.44. The van der Waals surface area contributed by atoms with E-state index in [0.717, 1.165) is 24.6 Å². The zero-order valence-corrected chi connectivity index (χ0v) is 11.8. The smallest absolute Gasteiger partial charge is 0.255 e. The lowest BCUT2D eigenvalue weighted by Crippen LogP contribution is -2.30. The molecule has 0 bridgehead atoms. The molecule has 2 aromatic carbocycles. The van der Waals surface area contributed by atoms with E-state index in [1.807, 2.05) is 24.3 Å². The van der Waals surface area contributed by atoms with Crippen molar-refractivity contribution in [3.8, 4) is 5.75 Å². The number of aliphatic hydroxyl groups is 1. The molecule has 1 aliphatic carbocycles. The lowest BCUT2D eigenvalue weighted by atomic mass is 10.0. The third-order valence-electron chi connectivity index (χ3n) is 4.37. The standard InChI is InChI=1S/C17H19NO3/c19-10-9-17(7-8-17)11-18-16(21)14-6-5-12-3-1-2-4-13(12)15(14)20/h1-6,19-20H,7-11H2,(H,18,21). The second kappa shape index (κ2) is 5.37. The van der Waals surface area contributed by atoms with Crippen molar-refractivity contribution in [2.24, 2.45) is 5.41 Å². The summed E-state index contributed by atoms with van der Waals surface area (Å²) >= 11 is 0. The number of hydrogen-bond acceptors (Lipinski definition) is 3. The number of nitrogens with one attached hydrogen (secondary N) is 1. The van der Waals surface area contributed by atoms with E-state index in [4.69, 9.17) is 5.11 Å². The number of aromatic hydroxyl groups is 1. The summed E-state index contributed by atoms with van der Waals surface area (Å²) in [5.74, 6) is -0.236. The van der Waals surface area contributed by atoms with E-state index in [1.165, 1.54) is 0 Å². The number of benzene rings is 2. The molecular weight excluding hydrogens is 266 g/mol. The van der Waals surface area contributed by atoms with E-state index >= 15 is 0 Å². The Balaban J connectivity index is 1.77.